The van der Waals surface area contributed by atoms with Crippen molar-refractivity contribution in [1.29, 1.82) is 0 Å². The fourth-order valence-electron chi connectivity index (χ4n) is 0.184. The van der Waals surface area contributed by atoms with Crippen molar-refractivity contribution in [3.63, 3.8) is 0 Å². The van der Waals surface area contributed by atoms with Gasteiger partial charge in [0.2, 0.25) is 0 Å². The van der Waals surface area contributed by atoms with E-state index in [0.717, 1.165) is 18.8 Å². The maximum atomic E-state index is 9.71. The predicted molar refractivity (Wildman–Crippen MR) is 38.6 cm³/mol. The maximum absolute atomic E-state index is 9.71. The molecule has 0 aliphatic carbocycles. The molecule has 2 N–H and O–H groups in total. The van der Waals surface area contributed by atoms with Crippen molar-refractivity contribution in [1.82, 2.24) is 0 Å². The Morgan fingerprint density at radius 2 is 2.00 bits per heavy atom. The molecule has 11 heavy (non-hydrogen) atoms. The second-order valence-electron chi connectivity index (χ2n) is 1.00. The van der Waals surface area contributed by atoms with Crippen LogP contribution in [0.25, 0.3) is 0 Å². The average Bonchev–Trinajstić information content (AvgIpc) is 1.87. The van der Waals surface area contributed by atoms with Gasteiger partial charge in [0.25, 0.3) is 0 Å². The molecule has 8 heteroatoms. The molecule has 1 unspecified atom stereocenters. The fraction of sp³-hybridized carbons (Fsp3) is 0. The van der Waals surface area contributed by atoms with Crippen LogP contribution in [0.2, 0.25) is 0 Å². The normalized spacial score (nSPS) is 14.3. The summed E-state index contributed by atoms with van der Waals surface area (Å²) in [7, 11) is 0. The van der Waals surface area contributed by atoms with E-state index in [1.165, 1.54) is 0 Å². The molecule has 0 saturated carbocycles. The topological polar surface area (TPSA) is 103 Å². The molecule has 0 rings (SSSR count). The van der Waals surface area contributed by atoms with Crippen molar-refractivity contribution in [2.24, 2.45) is 20.3 Å². The molecule has 0 spiro atoms. The van der Waals surface area contributed by atoms with Gasteiger partial charge in [-0.25, -0.2) is 4.40 Å². The van der Waals surface area contributed by atoms with E-state index in [0.29, 0.717) is 0 Å². The van der Waals surface area contributed by atoms with Gasteiger partial charge < -0.3 is 10.3 Å². The molecule has 59 valence electrons. The quantitative estimate of drug-likeness (QED) is 0.295. The number of nitrogens with two attached hydrogens (primary N) is 1. The molecule has 0 aromatic rings. The summed E-state index contributed by atoms with van der Waals surface area (Å²) >= 11 is -2.43. The van der Waals surface area contributed by atoms with E-state index in [4.69, 9.17) is 5.73 Å². The van der Waals surface area contributed by atoms with Gasteiger partial charge >= 0.3 is 0 Å². The van der Waals surface area contributed by atoms with Gasteiger partial charge in [-0.2, -0.15) is 5.10 Å². The molecule has 0 bridgehead atoms. The maximum Gasteiger partial charge on any atom is 0.108 e. The predicted octanol–water partition coefficient (Wildman–Crippen LogP) is -1.18. The smallest absolute Gasteiger partial charge is 0.108 e. The van der Waals surface area contributed by atoms with Crippen molar-refractivity contribution in [3.8, 4) is 0 Å². The van der Waals surface area contributed by atoms with Crippen molar-refractivity contribution >= 4 is 30.0 Å². The zero-order chi connectivity index (χ0) is 7.82. The SMILES string of the molecule is N/C=N/N=C/C=N\S(=O)[O-].[Y]. The zero-order valence-electron chi connectivity index (χ0n) is 5.45. The Kier molecular flexibility index (Phi) is 12.4. The molecule has 0 saturated heterocycles. The van der Waals surface area contributed by atoms with E-state index in [9.17, 15) is 8.76 Å². The van der Waals surface area contributed by atoms with E-state index < -0.39 is 11.3 Å². The van der Waals surface area contributed by atoms with E-state index in [-0.39, 0.29) is 32.7 Å². The Labute approximate surface area is 91.4 Å². The Morgan fingerprint density at radius 3 is 2.45 bits per heavy atom. The standard InChI is InChI=1S/C3H6N4O2S.Y/c4-3-6-5-1-2-7-10(8)9;/h1-3H,(H2,4,6)(H,8,9);/p-1/b5-1+,7-2-;. The van der Waals surface area contributed by atoms with Gasteiger partial charge in [-0.3, -0.25) is 4.21 Å². The van der Waals surface area contributed by atoms with Gasteiger partial charge in [-0.15, -0.1) is 5.10 Å². The molecule has 6 nitrogen and oxygen atoms in total. The second-order valence-corrected chi connectivity index (χ2v) is 1.65. The van der Waals surface area contributed by atoms with Crippen LogP contribution in [0.3, 0.4) is 0 Å². The van der Waals surface area contributed by atoms with Crippen LogP contribution in [0.15, 0.2) is 14.6 Å². The molecule has 0 fully saturated rings. The molecular formula is C3H5N4O2SY-. The van der Waals surface area contributed by atoms with Crippen LogP contribution in [0.1, 0.15) is 0 Å². The van der Waals surface area contributed by atoms with Crippen molar-refractivity contribution < 1.29 is 41.5 Å². The molecule has 0 amide bonds. The fourth-order valence-corrected chi connectivity index (χ4v) is 0.338. The minimum atomic E-state index is -2.43. The minimum absolute atomic E-state index is 0. The summed E-state index contributed by atoms with van der Waals surface area (Å²) in [5.41, 5.74) is 4.80. The van der Waals surface area contributed by atoms with Crippen LogP contribution in [0.4, 0.5) is 0 Å². The first-order valence-corrected chi connectivity index (χ1v) is 3.19. The van der Waals surface area contributed by atoms with Crippen molar-refractivity contribution in [2.45, 2.75) is 0 Å². The van der Waals surface area contributed by atoms with E-state index in [1.54, 1.807) is 0 Å². The first kappa shape index (κ1) is 13.6. The summed E-state index contributed by atoms with van der Waals surface area (Å²) in [6, 6.07) is 0. The van der Waals surface area contributed by atoms with Gasteiger partial charge in [0.15, 0.2) is 0 Å². The largest absolute Gasteiger partial charge is 0.754 e. The van der Waals surface area contributed by atoms with Crippen LogP contribution in [0, 0.1) is 0 Å². The van der Waals surface area contributed by atoms with Gasteiger partial charge in [0, 0.05) is 32.7 Å². The summed E-state index contributed by atoms with van der Waals surface area (Å²) in [6.07, 6.45) is 3.05. The third kappa shape index (κ3) is 13.1. The van der Waals surface area contributed by atoms with Crippen molar-refractivity contribution in [2.75, 3.05) is 0 Å². The van der Waals surface area contributed by atoms with E-state index >= 15 is 0 Å². The number of hydrogen-bond acceptors (Lipinski definition) is 4. The molecule has 0 aliphatic heterocycles. The van der Waals surface area contributed by atoms with Crippen molar-refractivity contribution in [3.05, 3.63) is 0 Å². The first-order valence-electron chi connectivity index (χ1n) is 2.16. The number of hydrogen-bond donors (Lipinski definition) is 1. The zero-order valence-corrected chi connectivity index (χ0v) is 9.11. The molecule has 1 radical (unpaired) electrons. The first-order chi connectivity index (χ1) is 4.77. The Hall–Kier alpha value is 0.0239. The number of nitrogens with zero attached hydrogens (tertiary/aromatic N) is 3. The average molecular weight is 250 g/mol. The van der Waals surface area contributed by atoms with Crippen LogP contribution in [-0.2, 0) is 44.0 Å². The van der Waals surface area contributed by atoms with Gasteiger partial charge in [-0.1, -0.05) is 0 Å². The second kappa shape index (κ2) is 10.0. The molecule has 0 aliphatic rings. The minimum Gasteiger partial charge on any atom is -0.754 e. The van der Waals surface area contributed by atoms with Crippen LogP contribution >= 0.6 is 0 Å². The van der Waals surface area contributed by atoms with Gasteiger partial charge in [0.05, 0.1) is 23.7 Å². The van der Waals surface area contributed by atoms with Crippen LogP contribution in [0.5, 0.6) is 0 Å². The molecule has 1 atom stereocenters. The number of rotatable bonds is 3. The summed E-state index contributed by atoms with van der Waals surface area (Å²) in [4.78, 5) is 0. The monoisotopic (exact) mass is 250 g/mol. The van der Waals surface area contributed by atoms with Gasteiger partial charge in [-0.05, 0) is 0 Å². The molecule has 0 aromatic heterocycles. The van der Waals surface area contributed by atoms with Crippen LogP contribution in [-0.4, -0.2) is 27.5 Å². The molecular weight excluding hydrogens is 245 g/mol. The summed E-state index contributed by atoms with van der Waals surface area (Å²) in [5.74, 6) is 0. The van der Waals surface area contributed by atoms with Crippen LogP contribution < -0.4 is 5.73 Å². The third-order valence-corrected chi connectivity index (χ3v) is 0.707. The summed E-state index contributed by atoms with van der Waals surface area (Å²) in [6.45, 7) is 0. The Balaban J connectivity index is 0. The summed E-state index contributed by atoms with van der Waals surface area (Å²) in [5, 5.41) is 6.46. The Bertz CT molecular complexity index is 192. The molecule has 0 heterocycles. The third-order valence-electron chi connectivity index (χ3n) is 0.414. The van der Waals surface area contributed by atoms with Gasteiger partial charge in [0.1, 0.15) is 6.34 Å². The van der Waals surface area contributed by atoms with E-state index in [2.05, 4.69) is 14.6 Å². The molecule has 0 aromatic carbocycles. The Morgan fingerprint density at radius 1 is 1.36 bits per heavy atom. The summed E-state index contributed by atoms with van der Waals surface area (Å²) < 4.78 is 22.3. The van der Waals surface area contributed by atoms with E-state index in [1.807, 2.05) is 0 Å².